The molecule has 1 aromatic heterocycles. The zero-order valence-electron chi connectivity index (χ0n) is 12.4. The van der Waals surface area contributed by atoms with Gasteiger partial charge < -0.3 is 9.84 Å². The van der Waals surface area contributed by atoms with Crippen LogP contribution in [0.1, 0.15) is 54.2 Å². The number of benzene rings is 1. The van der Waals surface area contributed by atoms with Gasteiger partial charge in [0.15, 0.2) is 5.82 Å². The lowest BCUT2D eigenvalue weighted by Crippen LogP contribution is -2.48. The van der Waals surface area contributed by atoms with Gasteiger partial charge in [-0.3, -0.25) is 4.79 Å². The Morgan fingerprint density at radius 2 is 2.00 bits per heavy atom. The SMILES string of the molecule is Cc1nc(C2(NC(=O)c3ccccc3I)CCCCC2)no1. The number of carbonyl (C=O) groups is 1. The Morgan fingerprint density at radius 1 is 1.27 bits per heavy atom. The van der Waals surface area contributed by atoms with Gasteiger partial charge in [-0.25, -0.2) is 0 Å². The molecule has 1 saturated carbocycles. The van der Waals surface area contributed by atoms with E-state index >= 15 is 0 Å². The second-order valence-corrected chi connectivity index (χ2v) is 6.88. The Morgan fingerprint density at radius 3 is 2.64 bits per heavy atom. The maximum atomic E-state index is 12.7. The van der Waals surface area contributed by atoms with E-state index in [1.165, 1.54) is 6.42 Å². The molecule has 1 heterocycles. The molecule has 116 valence electrons. The fraction of sp³-hybridized carbons (Fsp3) is 0.438. The molecule has 1 N–H and O–H groups in total. The third-order valence-electron chi connectivity index (χ3n) is 4.13. The minimum absolute atomic E-state index is 0.0747. The van der Waals surface area contributed by atoms with Crippen molar-refractivity contribution in [3.63, 3.8) is 0 Å². The summed E-state index contributed by atoms with van der Waals surface area (Å²) in [6, 6.07) is 7.58. The highest BCUT2D eigenvalue weighted by molar-refractivity contribution is 14.1. The number of aryl methyl sites for hydroxylation is 1. The number of carbonyl (C=O) groups excluding carboxylic acids is 1. The molecule has 0 bridgehead atoms. The zero-order valence-corrected chi connectivity index (χ0v) is 14.6. The van der Waals surface area contributed by atoms with Crippen LogP contribution in [0.15, 0.2) is 28.8 Å². The molecule has 0 saturated heterocycles. The summed E-state index contributed by atoms with van der Waals surface area (Å²) >= 11 is 2.18. The van der Waals surface area contributed by atoms with Crippen LogP contribution in [0.4, 0.5) is 0 Å². The van der Waals surface area contributed by atoms with Crippen LogP contribution < -0.4 is 5.32 Å². The van der Waals surface area contributed by atoms with Crippen LogP contribution >= 0.6 is 22.6 Å². The van der Waals surface area contributed by atoms with E-state index in [-0.39, 0.29) is 5.91 Å². The van der Waals surface area contributed by atoms with Gasteiger partial charge in [-0.2, -0.15) is 4.98 Å². The van der Waals surface area contributed by atoms with Crippen LogP contribution in [0.25, 0.3) is 0 Å². The fourth-order valence-corrected chi connectivity index (χ4v) is 3.62. The van der Waals surface area contributed by atoms with Gasteiger partial charge in [0, 0.05) is 10.5 Å². The maximum Gasteiger partial charge on any atom is 0.253 e. The molecule has 0 atom stereocenters. The van der Waals surface area contributed by atoms with Gasteiger partial charge in [-0.1, -0.05) is 36.6 Å². The van der Waals surface area contributed by atoms with Gasteiger partial charge in [-0.05, 0) is 47.6 Å². The van der Waals surface area contributed by atoms with Crippen molar-refractivity contribution in [2.75, 3.05) is 0 Å². The summed E-state index contributed by atoms with van der Waals surface area (Å²) < 4.78 is 6.08. The molecule has 1 fully saturated rings. The largest absolute Gasteiger partial charge is 0.340 e. The lowest BCUT2D eigenvalue weighted by molar-refractivity contribution is 0.0854. The first kappa shape index (κ1) is 15.5. The molecule has 22 heavy (non-hydrogen) atoms. The average Bonchev–Trinajstić information content (AvgIpc) is 2.96. The molecular weight excluding hydrogens is 393 g/mol. The normalized spacial score (nSPS) is 17.2. The Balaban J connectivity index is 1.91. The lowest BCUT2D eigenvalue weighted by atomic mass is 9.80. The van der Waals surface area contributed by atoms with E-state index in [1.807, 2.05) is 24.3 Å². The molecule has 1 aromatic carbocycles. The molecule has 1 amide bonds. The summed E-state index contributed by atoms with van der Waals surface area (Å²) in [6.45, 7) is 1.77. The number of aromatic nitrogens is 2. The number of halogens is 1. The van der Waals surface area contributed by atoms with Crippen molar-refractivity contribution < 1.29 is 9.32 Å². The number of rotatable bonds is 3. The van der Waals surface area contributed by atoms with Gasteiger partial charge >= 0.3 is 0 Å². The van der Waals surface area contributed by atoms with Crippen molar-refractivity contribution in [1.29, 1.82) is 0 Å². The lowest BCUT2D eigenvalue weighted by Gasteiger charge is -2.35. The first-order valence-electron chi connectivity index (χ1n) is 7.49. The second kappa shape index (κ2) is 6.36. The summed E-state index contributed by atoms with van der Waals surface area (Å²) in [5, 5.41) is 7.27. The molecule has 1 aliphatic rings. The minimum atomic E-state index is -0.508. The molecule has 6 heteroatoms. The third-order valence-corrected chi connectivity index (χ3v) is 5.07. The highest BCUT2D eigenvalue weighted by Crippen LogP contribution is 2.36. The van der Waals surface area contributed by atoms with E-state index < -0.39 is 5.54 Å². The predicted octanol–water partition coefficient (Wildman–Crippen LogP) is 3.57. The fourth-order valence-electron chi connectivity index (χ4n) is 2.98. The monoisotopic (exact) mass is 411 g/mol. The van der Waals surface area contributed by atoms with E-state index in [9.17, 15) is 4.79 Å². The van der Waals surface area contributed by atoms with Crippen molar-refractivity contribution in [3.8, 4) is 0 Å². The smallest absolute Gasteiger partial charge is 0.253 e. The van der Waals surface area contributed by atoms with Gasteiger partial charge in [0.1, 0.15) is 5.54 Å². The third kappa shape index (κ3) is 3.02. The summed E-state index contributed by atoms with van der Waals surface area (Å²) in [5.74, 6) is 1.06. The van der Waals surface area contributed by atoms with Crippen molar-refractivity contribution >= 4 is 28.5 Å². The van der Waals surface area contributed by atoms with Crippen LogP contribution in [-0.2, 0) is 5.54 Å². The Hall–Kier alpha value is -1.44. The molecule has 2 aromatic rings. The molecule has 3 rings (SSSR count). The number of amides is 1. The summed E-state index contributed by atoms with van der Waals surface area (Å²) in [7, 11) is 0. The average molecular weight is 411 g/mol. The second-order valence-electron chi connectivity index (χ2n) is 5.71. The molecular formula is C16H18IN3O2. The van der Waals surface area contributed by atoms with Gasteiger partial charge in [0.2, 0.25) is 5.89 Å². The summed E-state index contributed by atoms with van der Waals surface area (Å²) in [6.07, 6.45) is 4.99. The number of nitrogens with zero attached hydrogens (tertiary/aromatic N) is 2. The highest BCUT2D eigenvalue weighted by Gasteiger charge is 2.40. The molecule has 0 radical (unpaired) electrons. The van der Waals surface area contributed by atoms with Crippen LogP contribution in [0, 0.1) is 10.5 Å². The van der Waals surface area contributed by atoms with Gasteiger partial charge in [0.25, 0.3) is 5.91 Å². The summed E-state index contributed by atoms with van der Waals surface area (Å²) in [4.78, 5) is 17.1. The van der Waals surface area contributed by atoms with Crippen LogP contribution in [0.2, 0.25) is 0 Å². The van der Waals surface area contributed by atoms with Crippen LogP contribution in [-0.4, -0.2) is 16.0 Å². The Kier molecular flexibility index (Phi) is 4.46. The maximum absolute atomic E-state index is 12.7. The number of hydrogen-bond acceptors (Lipinski definition) is 4. The highest BCUT2D eigenvalue weighted by atomic mass is 127. The first-order chi connectivity index (χ1) is 10.6. The minimum Gasteiger partial charge on any atom is -0.340 e. The van der Waals surface area contributed by atoms with E-state index in [0.29, 0.717) is 17.3 Å². The summed E-state index contributed by atoms with van der Waals surface area (Å²) in [5.41, 5.74) is 0.180. The van der Waals surface area contributed by atoms with Crippen molar-refractivity contribution in [3.05, 3.63) is 45.1 Å². The van der Waals surface area contributed by atoms with E-state index in [4.69, 9.17) is 4.52 Å². The Bertz CT molecular complexity index is 678. The van der Waals surface area contributed by atoms with E-state index in [1.54, 1.807) is 6.92 Å². The van der Waals surface area contributed by atoms with E-state index in [0.717, 1.165) is 29.3 Å². The van der Waals surface area contributed by atoms with Gasteiger partial charge in [-0.15, -0.1) is 0 Å². The number of hydrogen-bond donors (Lipinski definition) is 1. The standard InChI is InChI=1S/C16H18IN3O2/c1-11-18-15(20-22-11)16(9-5-2-6-10-16)19-14(21)12-7-3-4-8-13(12)17/h3-4,7-8H,2,5-6,9-10H2,1H3,(H,19,21). The number of nitrogens with one attached hydrogen (secondary N) is 1. The van der Waals surface area contributed by atoms with Crippen molar-refractivity contribution in [2.45, 2.75) is 44.6 Å². The van der Waals surface area contributed by atoms with E-state index in [2.05, 4.69) is 38.0 Å². The topological polar surface area (TPSA) is 68.0 Å². The predicted molar refractivity (Wildman–Crippen MR) is 90.4 cm³/mol. The Labute approximate surface area is 143 Å². The molecule has 1 aliphatic carbocycles. The van der Waals surface area contributed by atoms with Crippen LogP contribution in [0.5, 0.6) is 0 Å². The zero-order chi connectivity index (χ0) is 15.6. The van der Waals surface area contributed by atoms with Crippen molar-refractivity contribution in [2.24, 2.45) is 0 Å². The van der Waals surface area contributed by atoms with Crippen molar-refractivity contribution in [1.82, 2.24) is 15.5 Å². The molecule has 0 unspecified atom stereocenters. The van der Waals surface area contributed by atoms with Gasteiger partial charge in [0.05, 0.1) is 5.56 Å². The molecule has 5 nitrogen and oxygen atoms in total. The van der Waals surface area contributed by atoms with Crippen LogP contribution in [0.3, 0.4) is 0 Å². The molecule has 0 spiro atoms. The first-order valence-corrected chi connectivity index (χ1v) is 8.56. The quantitative estimate of drug-likeness (QED) is 0.785. The molecule has 0 aliphatic heterocycles.